The van der Waals surface area contributed by atoms with Crippen LogP contribution in [0.2, 0.25) is 10.0 Å². The Morgan fingerprint density at radius 2 is 2.10 bits per heavy atom. The Hall–Kier alpha value is -1.84. The SMILES string of the molecule is O=C(CCCSC1=N[C@H](c2ccco2)C[C@@H](C(F)(F)F)N1)Nc1ccc(Cl)c(Cl)c1. The molecule has 162 valence electrons. The first-order chi connectivity index (χ1) is 14.2. The maximum atomic E-state index is 13.3. The highest BCUT2D eigenvalue weighted by molar-refractivity contribution is 8.13. The third-order valence-corrected chi connectivity index (χ3v) is 6.02. The average Bonchev–Trinajstić information content (AvgIpc) is 3.22. The molecule has 3 rings (SSSR count). The maximum Gasteiger partial charge on any atom is 0.408 e. The number of alkyl halides is 3. The van der Waals surface area contributed by atoms with Crippen molar-refractivity contribution in [2.75, 3.05) is 11.1 Å². The monoisotopic (exact) mass is 479 g/mol. The number of nitrogens with one attached hydrogen (secondary N) is 2. The Morgan fingerprint density at radius 1 is 1.30 bits per heavy atom. The lowest BCUT2D eigenvalue weighted by atomic mass is 10.0. The van der Waals surface area contributed by atoms with Crippen molar-refractivity contribution in [3.8, 4) is 0 Å². The minimum absolute atomic E-state index is 0.190. The van der Waals surface area contributed by atoms with E-state index in [0.29, 0.717) is 33.7 Å². The summed E-state index contributed by atoms with van der Waals surface area (Å²) in [5, 5.41) is 6.05. The summed E-state index contributed by atoms with van der Waals surface area (Å²) >= 11 is 12.9. The summed E-state index contributed by atoms with van der Waals surface area (Å²) in [6.45, 7) is 0. The smallest absolute Gasteiger partial charge is 0.408 e. The van der Waals surface area contributed by atoms with Gasteiger partial charge in [-0.25, -0.2) is 0 Å². The van der Waals surface area contributed by atoms with Crippen LogP contribution in [-0.4, -0.2) is 29.0 Å². The van der Waals surface area contributed by atoms with E-state index in [1.54, 1.807) is 30.3 Å². The van der Waals surface area contributed by atoms with Gasteiger partial charge in [-0.1, -0.05) is 35.0 Å². The van der Waals surface area contributed by atoms with E-state index in [0.717, 1.165) is 11.8 Å². The van der Waals surface area contributed by atoms with Gasteiger partial charge in [0.15, 0.2) is 5.17 Å². The van der Waals surface area contributed by atoms with Crippen LogP contribution in [0.4, 0.5) is 18.9 Å². The predicted molar refractivity (Wildman–Crippen MR) is 113 cm³/mol. The van der Waals surface area contributed by atoms with Gasteiger partial charge in [0.2, 0.25) is 5.91 Å². The fourth-order valence-corrected chi connectivity index (χ4v) is 4.02. The van der Waals surface area contributed by atoms with Crippen LogP contribution in [-0.2, 0) is 4.79 Å². The molecule has 5 nitrogen and oxygen atoms in total. The van der Waals surface area contributed by atoms with Crippen molar-refractivity contribution in [1.82, 2.24) is 5.32 Å². The Balaban J connectivity index is 1.51. The topological polar surface area (TPSA) is 66.6 Å². The molecule has 0 aliphatic carbocycles. The number of carbonyl (C=O) groups excluding carboxylic acids is 1. The number of amidine groups is 1. The van der Waals surface area contributed by atoms with E-state index in [4.69, 9.17) is 27.6 Å². The number of benzene rings is 1. The summed E-state index contributed by atoms with van der Waals surface area (Å²) in [6.07, 6.45) is -2.56. The zero-order chi connectivity index (χ0) is 21.7. The number of hydrogen-bond donors (Lipinski definition) is 2. The summed E-state index contributed by atoms with van der Waals surface area (Å²) < 4.78 is 45.0. The van der Waals surface area contributed by atoms with Crippen molar-refractivity contribution < 1.29 is 22.4 Å². The third kappa shape index (κ3) is 6.33. The molecule has 2 aromatic rings. The zero-order valence-electron chi connectivity index (χ0n) is 15.5. The fraction of sp³-hybridized carbons (Fsp3) is 0.368. The minimum Gasteiger partial charge on any atom is -0.467 e. The summed E-state index contributed by atoms with van der Waals surface area (Å²) in [5.74, 6) is 0.592. The van der Waals surface area contributed by atoms with Crippen LogP contribution in [0.1, 0.15) is 31.1 Å². The highest BCUT2D eigenvalue weighted by Gasteiger charge is 2.44. The number of nitrogens with zero attached hydrogens (tertiary/aromatic N) is 1. The van der Waals surface area contributed by atoms with Crippen molar-refractivity contribution in [1.29, 1.82) is 0 Å². The van der Waals surface area contributed by atoms with Gasteiger partial charge in [0.1, 0.15) is 17.8 Å². The molecule has 1 aliphatic rings. The van der Waals surface area contributed by atoms with Crippen molar-refractivity contribution in [3.05, 3.63) is 52.4 Å². The molecule has 2 atom stereocenters. The number of anilines is 1. The molecule has 0 unspecified atom stereocenters. The lowest BCUT2D eigenvalue weighted by molar-refractivity contribution is -0.155. The molecule has 1 aliphatic heterocycles. The third-order valence-electron chi connectivity index (χ3n) is 4.29. The van der Waals surface area contributed by atoms with E-state index in [-0.39, 0.29) is 23.9 Å². The molecule has 1 aromatic heterocycles. The second-order valence-corrected chi connectivity index (χ2v) is 8.47. The van der Waals surface area contributed by atoms with Gasteiger partial charge < -0.3 is 15.1 Å². The summed E-state index contributed by atoms with van der Waals surface area (Å²) in [5.41, 5.74) is 0.523. The number of aliphatic imine (C=N–C) groups is 1. The quantitative estimate of drug-likeness (QED) is 0.494. The van der Waals surface area contributed by atoms with E-state index in [1.165, 1.54) is 6.26 Å². The average molecular weight is 480 g/mol. The van der Waals surface area contributed by atoms with Crippen molar-refractivity contribution in [2.24, 2.45) is 4.99 Å². The van der Waals surface area contributed by atoms with Crippen LogP contribution in [0, 0.1) is 0 Å². The first-order valence-corrected chi connectivity index (χ1v) is 10.8. The normalized spacial score (nSPS) is 19.2. The molecule has 1 amide bonds. The van der Waals surface area contributed by atoms with Crippen LogP contribution in [0.15, 0.2) is 46.0 Å². The van der Waals surface area contributed by atoms with Crippen molar-refractivity contribution >= 4 is 51.7 Å². The highest BCUT2D eigenvalue weighted by Crippen LogP contribution is 2.34. The Morgan fingerprint density at radius 3 is 2.77 bits per heavy atom. The second kappa shape index (κ2) is 9.98. The maximum absolute atomic E-state index is 13.3. The van der Waals surface area contributed by atoms with E-state index >= 15 is 0 Å². The number of furan rings is 1. The molecule has 30 heavy (non-hydrogen) atoms. The summed E-state index contributed by atoms with van der Waals surface area (Å²) in [6, 6.07) is 5.59. The number of amides is 1. The van der Waals surface area contributed by atoms with Crippen molar-refractivity contribution in [3.63, 3.8) is 0 Å². The Bertz CT molecular complexity index is 907. The zero-order valence-corrected chi connectivity index (χ0v) is 17.8. The van der Waals surface area contributed by atoms with Gasteiger partial charge in [-0.05, 0) is 36.8 Å². The molecule has 0 saturated heterocycles. The number of halogens is 5. The van der Waals surface area contributed by atoms with Gasteiger partial charge in [0.25, 0.3) is 0 Å². The number of rotatable bonds is 6. The molecular weight excluding hydrogens is 462 g/mol. The minimum atomic E-state index is -4.40. The molecule has 0 fully saturated rings. The fourth-order valence-electron chi connectivity index (χ4n) is 2.82. The molecule has 11 heteroatoms. The molecule has 0 spiro atoms. The van der Waals surface area contributed by atoms with E-state index < -0.39 is 18.3 Å². The van der Waals surface area contributed by atoms with Crippen LogP contribution in [0.3, 0.4) is 0 Å². The number of carbonyl (C=O) groups is 1. The lowest BCUT2D eigenvalue weighted by Gasteiger charge is -2.30. The summed E-state index contributed by atoms with van der Waals surface area (Å²) in [7, 11) is 0. The molecular formula is C19H18Cl2F3N3O2S. The predicted octanol–water partition coefficient (Wildman–Crippen LogP) is 6.06. The van der Waals surface area contributed by atoms with E-state index in [1.807, 2.05) is 0 Å². The molecule has 2 heterocycles. The van der Waals surface area contributed by atoms with E-state index in [9.17, 15) is 18.0 Å². The van der Waals surface area contributed by atoms with Crippen molar-refractivity contribution in [2.45, 2.75) is 37.5 Å². The van der Waals surface area contributed by atoms with Gasteiger partial charge in [0, 0.05) is 24.3 Å². The van der Waals surface area contributed by atoms with Gasteiger partial charge in [-0.3, -0.25) is 9.79 Å². The molecule has 1 aromatic carbocycles. The highest BCUT2D eigenvalue weighted by atomic mass is 35.5. The molecule has 2 N–H and O–H groups in total. The van der Waals surface area contributed by atoms with Crippen LogP contribution >= 0.6 is 35.0 Å². The largest absolute Gasteiger partial charge is 0.467 e. The van der Waals surface area contributed by atoms with Crippen LogP contribution in [0.5, 0.6) is 0 Å². The standard InChI is InChI=1S/C19H18Cl2F3N3O2S/c20-12-6-5-11(9-13(12)21)25-17(28)4-2-8-30-18-26-14(15-3-1-7-29-15)10-16(27-18)19(22,23)24/h1,3,5-7,9,14,16H,2,4,8,10H2,(H,25,28)(H,26,27)/t14-,16-/m0/s1. The molecule has 0 radical (unpaired) electrons. The van der Waals surface area contributed by atoms with Gasteiger partial charge >= 0.3 is 6.18 Å². The molecule has 0 saturated carbocycles. The van der Waals surface area contributed by atoms with Gasteiger partial charge in [0.05, 0.1) is 16.3 Å². The first kappa shape index (κ1) is 22.8. The van der Waals surface area contributed by atoms with Gasteiger partial charge in [-0.15, -0.1) is 0 Å². The first-order valence-electron chi connectivity index (χ1n) is 9.04. The van der Waals surface area contributed by atoms with E-state index in [2.05, 4.69) is 15.6 Å². The Kier molecular flexibility index (Phi) is 7.60. The molecule has 0 bridgehead atoms. The number of thioether (sulfide) groups is 1. The lowest BCUT2D eigenvalue weighted by Crippen LogP contribution is -2.48. The summed E-state index contributed by atoms with van der Waals surface area (Å²) in [4.78, 5) is 16.4. The Labute approximate surface area is 185 Å². The second-order valence-electron chi connectivity index (χ2n) is 6.57. The van der Waals surface area contributed by atoms with Crippen LogP contribution < -0.4 is 10.6 Å². The van der Waals surface area contributed by atoms with Gasteiger partial charge in [-0.2, -0.15) is 13.2 Å². The van der Waals surface area contributed by atoms with Crippen LogP contribution in [0.25, 0.3) is 0 Å². The number of hydrogen-bond acceptors (Lipinski definition) is 5.